The van der Waals surface area contributed by atoms with Crippen molar-refractivity contribution < 1.29 is 77.1 Å². The maximum absolute atomic E-state index is 14.4. The van der Waals surface area contributed by atoms with E-state index in [1.54, 1.807) is 48.5 Å². The molecule has 0 aromatic heterocycles. The number of rotatable bonds is 11. The SMILES string of the molecule is CC[C@H]1OC(=O)[C@H](C)[C@@H](O[C@H]2C[C@@](C)(OC)[C@@H](O)[C@H](C)O2)[C@H](C)[C@@H](O[C@@H]2O[C@H](C)C[C@H](N(C)C)[C@H]2OC(=O)/C=C/C(=O)OC)[C@](C)(OC)C[C@@H](C)C(=O)[C@H](C)[C@@H](O)[C@]1(C)O. The summed E-state index contributed by atoms with van der Waals surface area (Å²) in [4.78, 5) is 55.5. The second-order valence-electron chi connectivity index (χ2n) is 17.9. The lowest BCUT2D eigenvalue weighted by Gasteiger charge is -2.50. The van der Waals surface area contributed by atoms with Gasteiger partial charge in [-0.2, -0.15) is 0 Å². The highest BCUT2D eigenvalue weighted by atomic mass is 16.7. The van der Waals surface area contributed by atoms with E-state index in [2.05, 4.69) is 4.74 Å². The van der Waals surface area contributed by atoms with Crippen LogP contribution >= 0.6 is 0 Å². The number of aliphatic hydroxyl groups excluding tert-OH is 2. The van der Waals surface area contributed by atoms with Crippen LogP contribution in [0.4, 0.5) is 0 Å². The number of hydrogen-bond donors (Lipinski definition) is 3. The van der Waals surface area contributed by atoms with Crippen molar-refractivity contribution >= 4 is 23.7 Å². The van der Waals surface area contributed by atoms with E-state index >= 15 is 0 Å². The molecule has 3 aliphatic rings. The zero-order chi connectivity index (χ0) is 45.7. The zero-order valence-corrected chi connectivity index (χ0v) is 38.2. The highest BCUT2D eigenvalue weighted by molar-refractivity contribution is 5.91. The number of methoxy groups -OCH3 is 3. The first kappa shape index (κ1) is 51.8. The standard InChI is InChI=1S/C43H73NO16/c1-16-29-43(10,51)36(48)24(4)33(47)22(2)20-42(9,54-15)38(60-40-35(28(44(11)12)19-23(3)55-40)58-31(46)18-17-30(45)52-13)25(5)34(26(6)39(50)57-29)59-32-21-41(8,53-14)37(49)27(7)56-32/h17-18,22-29,32,34-38,40,48-49,51H,16,19-21H2,1-15H3/b18-17+/t22-,23-,24+,25+,26-,27+,28+,29-,32+,34+,35-,36-,37+,38-,40+,41-,42-,43-/m1/s1. The fourth-order valence-electron chi connectivity index (χ4n) is 9.07. The number of cyclic esters (lactones) is 1. The number of nitrogens with zero attached hydrogens (tertiary/aromatic N) is 1. The van der Waals surface area contributed by atoms with E-state index in [4.69, 9.17) is 37.9 Å². The second-order valence-corrected chi connectivity index (χ2v) is 17.9. The lowest BCUT2D eigenvalue weighted by molar-refractivity contribution is -0.320. The third-order valence-electron chi connectivity index (χ3n) is 13.1. The summed E-state index contributed by atoms with van der Waals surface area (Å²) in [7, 11) is 7.77. The average Bonchev–Trinajstić information content (AvgIpc) is 3.20. The topological polar surface area (TPSA) is 215 Å². The predicted molar refractivity (Wildman–Crippen MR) is 216 cm³/mol. The molecule has 0 unspecified atom stereocenters. The Balaban J connectivity index is 2.28. The van der Waals surface area contributed by atoms with Crippen molar-refractivity contribution in [1.29, 1.82) is 0 Å². The van der Waals surface area contributed by atoms with Gasteiger partial charge < -0.3 is 62.9 Å². The number of aliphatic hydroxyl groups is 3. The summed E-state index contributed by atoms with van der Waals surface area (Å²) in [5.74, 6) is -6.54. The lowest BCUT2D eigenvalue weighted by atomic mass is 9.74. The van der Waals surface area contributed by atoms with Gasteiger partial charge in [-0.15, -0.1) is 0 Å². The van der Waals surface area contributed by atoms with E-state index in [9.17, 15) is 34.5 Å². The van der Waals surface area contributed by atoms with Crippen LogP contribution in [0.3, 0.4) is 0 Å². The minimum atomic E-state index is -2.02. The molecule has 0 aromatic carbocycles. The monoisotopic (exact) mass is 859 g/mol. The molecule has 0 bridgehead atoms. The maximum atomic E-state index is 14.4. The van der Waals surface area contributed by atoms with Gasteiger partial charge in [-0.05, 0) is 74.9 Å². The first-order chi connectivity index (χ1) is 27.8. The number of carbonyl (C=O) groups is 4. The molecule has 0 spiro atoms. The second kappa shape index (κ2) is 21.2. The van der Waals surface area contributed by atoms with Gasteiger partial charge in [0.25, 0.3) is 0 Å². The molecule has 17 heteroatoms. The molecule has 3 saturated heterocycles. The Morgan fingerprint density at radius 2 is 1.43 bits per heavy atom. The lowest BCUT2D eigenvalue weighted by Crippen LogP contribution is -2.62. The summed E-state index contributed by atoms with van der Waals surface area (Å²) in [6.07, 6.45) is -7.99. The number of hydrogen-bond acceptors (Lipinski definition) is 17. The van der Waals surface area contributed by atoms with Crippen LogP contribution in [-0.4, -0.2) is 164 Å². The number of likely N-dealkylation sites (N-methyl/N-ethyl adjacent to an activating group) is 1. The highest BCUT2D eigenvalue weighted by Crippen LogP contribution is 2.42. The maximum Gasteiger partial charge on any atom is 0.331 e. The van der Waals surface area contributed by atoms with Crippen LogP contribution in [0.5, 0.6) is 0 Å². The molecule has 3 heterocycles. The van der Waals surface area contributed by atoms with E-state index in [0.29, 0.717) is 6.42 Å². The van der Waals surface area contributed by atoms with Crippen molar-refractivity contribution in [2.45, 2.75) is 179 Å². The van der Waals surface area contributed by atoms with Gasteiger partial charge in [-0.3, -0.25) is 9.59 Å². The largest absolute Gasteiger partial charge is 0.466 e. The van der Waals surface area contributed by atoms with Crippen LogP contribution in [0.25, 0.3) is 0 Å². The van der Waals surface area contributed by atoms with Crippen molar-refractivity contribution in [3.05, 3.63) is 12.2 Å². The van der Waals surface area contributed by atoms with Gasteiger partial charge in [-0.1, -0.05) is 27.7 Å². The molecule has 0 saturated carbocycles. The van der Waals surface area contributed by atoms with Crippen molar-refractivity contribution in [2.24, 2.45) is 23.7 Å². The number of ketones is 1. The zero-order valence-electron chi connectivity index (χ0n) is 38.2. The van der Waals surface area contributed by atoms with Crippen LogP contribution in [0.2, 0.25) is 0 Å². The number of carbonyl (C=O) groups excluding carboxylic acids is 4. The molecule has 17 nitrogen and oxygen atoms in total. The van der Waals surface area contributed by atoms with Gasteiger partial charge >= 0.3 is 17.9 Å². The normalized spacial score (nSPS) is 44.0. The minimum absolute atomic E-state index is 0.0237. The highest BCUT2D eigenvalue weighted by Gasteiger charge is 2.54. The molecule has 0 aromatic rings. The minimum Gasteiger partial charge on any atom is -0.466 e. The van der Waals surface area contributed by atoms with Gasteiger partial charge in [0.2, 0.25) is 0 Å². The summed E-state index contributed by atoms with van der Waals surface area (Å²) in [5, 5.41) is 34.3. The molecule has 0 radical (unpaired) electrons. The van der Waals surface area contributed by atoms with Crippen molar-refractivity contribution in [3.63, 3.8) is 0 Å². The van der Waals surface area contributed by atoms with Crippen LogP contribution in [0, 0.1) is 23.7 Å². The molecule has 346 valence electrons. The third kappa shape index (κ3) is 11.7. The smallest absolute Gasteiger partial charge is 0.331 e. The predicted octanol–water partition coefficient (Wildman–Crippen LogP) is 2.72. The Bertz CT molecular complexity index is 1490. The van der Waals surface area contributed by atoms with E-state index in [1.165, 1.54) is 35.2 Å². The summed E-state index contributed by atoms with van der Waals surface area (Å²) in [6.45, 7) is 16.7. The van der Waals surface area contributed by atoms with Crippen molar-refractivity contribution in [3.8, 4) is 0 Å². The molecule has 3 fully saturated rings. The molecular weight excluding hydrogens is 786 g/mol. The summed E-state index contributed by atoms with van der Waals surface area (Å²) < 4.78 is 55.1. The fraction of sp³-hybridized carbons (Fsp3) is 0.860. The van der Waals surface area contributed by atoms with Gasteiger partial charge in [0.05, 0.1) is 60.8 Å². The molecule has 3 aliphatic heterocycles. The Morgan fingerprint density at radius 3 is 1.98 bits per heavy atom. The Hall–Kier alpha value is -2.58. The Labute approximate surface area is 355 Å². The Kier molecular flexibility index (Phi) is 18.3. The first-order valence-electron chi connectivity index (χ1n) is 21.0. The summed E-state index contributed by atoms with van der Waals surface area (Å²) in [5.41, 5.74) is -4.48. The molecule has 60 heavy (non-hydrogen) atoms. The summed E-state index contributed by atoms with van der Waals surface area (Å²) >= 11 is 0. The molecular formula is C43H73NO16. The quantitative estimate of drug-likeness (QED) is 0.155. The van der Waals surface area contributed by atoms with Gasteiger partial charge in [0.1, 0.15) is 23.6 Å². The van der Waals surface area contributed by atoms with Crippen LogP contribution in [0.15, 0.2) is 12.2 Å². The molecule has 0 aliphatic carbocycles. The molecule has 3 rings (SSSR count). The summed E-state index contributed by atoms with van der Waals surface area (Å²) in [6, 6.07) is -0.435. The van der Waals surface area contributed by atoms with Gasteiger partial charge in [0, 0.05) is 50.5 Å². The molecule has 0 amide bonds. The van der Waals surface area contributed by atoms with E-state index in [0.717, 1.165) is 12.2 Å². The van der Waals surface area contributed by atoms with Crippen molar-refractivity contribution in [1.82, 2.24) is 4.90 Å². The first-order valence-corrected chi connectivity index (χ1v) is 21.0. The molecule has 18 atom stereocenters. The van der Waals surface area contributed by atoms with Gasteiger partial charge in [-0.25, -0.2) is 9.59 Å². The van der Waals surface area contributed by atoms with E-state index < -0.39 is 126 Å². The molecule has 3 N–H and O–H groups in total. The van der Waals surface area contributed by atoms with Crippen LogP contribution in [0.1, 0.15) is 94.9 Å². The number of esters is 3. The van der Waals surface area contributed by atoms with Crippen molar-refractivity contribution in [2.75, 3.05) is 35.4 Å². The van der Waals surface area contributed by atoms with E-state index in [-0.39, 0.29) is 25.0 Å². The number of ether oxygens (including phenoxy) is 9. The van der Waals surface area contributed by atoms with E-state index in [1.807, 2.05) is 25.9 Å². The number of Topliss-reactive ketones (excluding diaryl/α,β-unsaturated/α-hetero) is 1. The van der Waals surface area contributed by atoms with Crippen LogP contribution < -0.4 is 0 Å². The average molecular weight is 860 g/mol. The third-order valence-corrected chi connectivity index (χ3v) is 13.1. The fourth-order valence-corrected chi connectivity index (χ4v) is 9.07. The Morgan fingerprint density at radius 1 is 0.833 bits per heavy atom. The van der Waals surface area contributed by atoms with Gasteiger partial charge in [0.15, 0.2) is 18.7 Å². The van der Waals surface area contributed by atoms with Crippen LogP contribution in [-0.2, 0) is 61.8 Å².